The van der Waals surface area contributed by atoms with Gasteiger partial charge in [0.2, 0.25) is 0 Å². The number of carbonyl (C=O) groups is 3. The molecule has 0 aliphatic heterocycles. The van der Waals surface area contributed by atoms with Crippen LogP contribution < -0.4 is 16.4 Å². The Bertz CT molecular complexity index is 850. The average Bonchev–Trinajstić information content (AvgIpc) is 2.67. The van der Waals surface area contributed by atoms with Gasteiger partial charge in [-0.2, -0.15) is 0 Å². The second-order valence-corrected chi connectivity index (χ2v) is 9.50. The van der Waals surface area contributed by atoms with Crippen LogP contribution in [0.3, 0.4) is 0 Å². The second kappa shape index (κ2) is 11.5. The van der Waals surface area contributed by atoms with Crippen molar-refractivity contribution in [3.05, 3.63) is 16.3 Å². The summed E-state index contributed by atoms with van der Waals surface area (Å²) in [5.41, 5.74) is 6.22. The van der Waals surface area contributed by atoms with Crippen LogP contribution in [0.2, 0.25) is 0 Å². The third-order valence-corrected chi connectivity index (χ3v) is 7.26. The molecule has 0 aromatic heterocycles. The van der Waals surface area contributed by atoms with Crippen LogP contribution in [0.5, 0.6) is 0 Å². The second-order valence-electron chi connectivity index (χ2n) is 6.26. The standard InChI is InChI=1S/C16H20I3N3O8/c1-3(23)11(25)14(28)21-10-7(18)5(6(17)9(20)8(10)19)13(27)16(30)22-15(29)12(26)4(2)24/h3-4,11-13,23-27H,20H2,1-2H3,(H,21,28)(H,22,29,30). The zero-order valence-corrected chi connectivity index (χ0v) is 22.0. The maximum Gasteiger partial charge on any atom is 0.260 e. The Morgan fingerprint density at radius 1 is 0.800 bits per heavy atom. The fraction of sp³-hybridized carbons (Fsp3) is 0.438. The van der Waals surface area contributed by atoms with Gasteiger partial charge < -0.3 is 36.6 Å². The van der Waals surface area contributed by atoms with Gasteiger partial charge in [-0.25, -0.2) is 0 Å². The Kier molecular flexibility index (Phi) is 10.6. The zero-order valence-electron chi connectivity index (χ0n) is 15.6. The lowest BCUT2D eigenvalue weighted by atomic mass is 10.1. The summed E-state index contributed by atoms with van der Waals surface area (Å²) in [6.07, 6.45) is -8.30. The number of halogens is 3. The van der Waals surface area contributed by atoms with E-state index in [0.717, 1.165) is 6.92 Å². The Hall–Kier alpha value is -0.380. The van der Waals surface area contributed by atoms with Gasteiger partial charge >= 0.3 is 0 Å². The van der Waals surface area contributed by atoms with Crippen molar-refractivity contribution in [1.82, 2.24) is 5.32 Å². The van der Waals surface area contributed by atoms with E-state index in [0.29, 0.717) is 3.57 Å². The number of rotatable bonds is 7. The van der Waals surface area contributed by atoms with Crippen LogP contribution >= 0.6 is 67.8 Å². The minimum atomic E-state index is -1.91. The van der Waals surface area contributed by atoms with E-state index in [1.807, 2.05) is 22.6 Å². The van der Waals surface area contributed by atoms with Crippen LogP contribution in [0.15, 0.2) is 0 Å². The van der Waals surface area contributed by atoms with E-state index < -0.39 is 48.2 Å². The third kappa shape index (κ3) is 6.33. The number of nitrogens with one attached hydrogen (secondary N) is 2. The first-order valence-corrected chi connectivity index (χ1v) is 11.5. The van der Waals surface area contributed by atoms with Gasteiger partial charge in [-0.15, -0.1) is 0 Å². The Labute approximate surface area is 212 Å². The van der Waals surface area contributed by atoms with Gasteiger partial charge in [0.15, 0.2) is 18.3 Å². The number of carbonyl (C=O) groups excluding carboxylic acids is 3. The summed E-state index contributed by atoms with van der Waals surface area (Å²) < 4.78 is 0.846. The number of amides is 3. The Morgan fingerprint density at radius 2 is 1.27 bits per heavy atom. The molecule has 168 valence electrons. The van der Waals surface area contributed by atoms with E-state index in [-0.39, 0.29) is 24.1 Å². The molecule has 3 amide bonds. The molecular weight excluding hydrogens is 743 g/mol. The molecule has 1 rings (SSSR count). The van der Waals surface area contributed by atoms with Gasteiger partial charge in [-0.3, -0.25) is 19.7 Å². The number of aliphatic hydroxyl groups excluding tert-OH is 5. The monoisotopic (exact) mass is 763 g/mol. The smallest absolute Gasteiger partial charge is 0.260 e. The fourth-order valence-electron chi connectivity index (χ4n) is 2.08. The molecule has 0 bridgehead atoms. The van der Waals surface area contributed by atoms with E-state index in [4.69, 9.17) is 5.73 Å². The summed E-state index contributed by atoms with van der Waals surface area (Å²) in [6, 6.07) is 0. The summed E-state index contributed by atoms with van der Waals surface area (Å²) in [5.74, 6) is -3.31. The van der Waals surface area contributed by atoms with E-state index in [1.165, 1.54) is 6.92 Å². The number of nitrogen functional groups attached to an aromatic ring is 1. The number of anilines is 2. The van der Waals surface area contributed by atoms with Crippen LogP contribution in [0.4, 0.5) is 11.4 Å². The van der Waals surface area contributed by atoms with Crippen LogP contribution in [0, 0.1) is 10.7 Å². The molecule has 0 aliphatic carbocycles. The maximum absolute atomic E-state index is 12.3. The van der Waals surface area contributed by atoms with Crippen molar-refractivity contribution >= 4 is 96.9 Å². The summed E-state index contributed by atoms with van der Waals surface area (Å²) >= 11 is 5.37. The average molecular weight is 763 g/mol. The highest BCUT2D eigenvalue weighted by molar-refractivity contribution is 14.1. The molecule has 5 unspecified atom stereocenters. The summed E-state index contributed by atoms with van der Waals surface area (Å²) in [5, 5.41) is 52.6. The van der Waals surface area contributed by atoms with Crippen molar-refractivity contribution in [2.45, 2.75) is 44.4 Å². The van der Waals surface area contributed by atoms with Crippen molar-refractivity contribution in [2.24, 2.45) is 0 Å². The molecular formula is C16H20I3N3O8. The number of benzene rings is 1. The quantitative estimate of drug-likeness (QED) is 0.129. The van der Waals surface area contributed by atoms with E-state index in [2.05, 4.69) is 5.32 Å². The number of hydrogen-bond acceptors (Lipinski definition) is 9. The minimum absolute atomic E-state index is 0.0206. The zero-order chi connectivity index (χ0) is 23.5. The maximum atomic E-state index is 12.3. The molecule has 0 saturated carbocycles. The molecule has 5 atom stereocenters. The van der Waals surface area contributed by atoms with Gasteiger partial charge in [-0.05, 0) is 81.6 Å². The fourth-order valence-corrected chi connectivity index (χ4v) is 6.11. The first-order chi connectivity index (χ1) is 13.7. The van der Waals surface area contributed by atoms with Crippen molar-refractivity contribution in [1.29, 1.82) is 0 Å². The topological polar surface area (TPSA) is 202 Å². The van der Waals surface area contributed by atoms with Crippen LogP contribution in [0.1, 0.15) is 25.5 Å². The Morgan fingerprint density at radius 3 is 1.73 bits per heavy atom. The highest BCUT2D eigenvalue weighted by Gasteiger charge is 2.32. The van der Waals surface area contributed by atoms with E-state index in [9.17, 15) is 39.9 Å². The molecule has 11 nitrogen and oxygen atoms in total. The van der Waals surface area contributed by atoms with Crippen LogP contribution in [-0.4, -0.2) is 67.7 Å². The van der Waals surface area contributed by atoms with Gasteiger partial charge in [0.25, 0.3) is 17.7 Å². The number of nitrogens with two attached hydrogens (primary N) is 1. The first kappa shape index (κ1) is 27.7. The first-order valence-electron chi connectivity index (χ1n) is 8.24. The molecule has 9 N–H and O–H groups in total. The normalized spacial score (nSPS) is 16.2. The predicted octanol–water partition coefficient (Wildman–Crippen LogP) is -0.819. The SMILES string of the molecule is CC(O)C(O)C(=O)NC(=O)C(O)c1c(I)c(N)c(I)c(NC(=O)C(O)C(C)O)c1I. The number of hydrogen-bond donors (Lipinski definition) is 8. The molecule has 0 aliphatic rings. The summed E-state index contributed by atoms with van der Waals surface area (Å²) in [7, 11) is 0. The minimum Gasteiger partial charge on any atom is -0.397 e. The lowest BCUT2D eigenvalue weighted by Crippen LogP contribution is -2.45. The molecule has 14 heteroatoms. The molecule has 0 saturated heterocycles. The van der Waals surface area contributed by atoms with E-state index in [1.54, 1.807) is 50.5 Å². The van der Waals surface area contributed by atoms with Crippen molar-refractivity contribution in [2.75, 3.05) is 11.1 Å². The molecule has 0 spiro atoms. The largest absolute Gasteiger partial charge is 0.397 e. The van der Waals surface area contributed by atoms with Gasteiger partial charge in [0.1, 0.15) is 0 Å². The summed E-state index contributed by atoms with van der Waals surface area (Å²) in [4.78, 5) is 36.3. The van der Waals surface area contributed by atoms with Gasteiger partial charge in [-0.1, -0.05) is 0 Å². The lowest BCUT2D eigenvalue weighted by Gasteiger charge is -2.22. The lowest BCUT2D eigenvalue weighted by molar-refractivity contribution is -0.142. The Balaban J connectivity index is 3.33. The molecule has 0 radical (unpaired) electrons. The molecule has 0 heterocycles. The highest BCUT2D eigenvalue weighted by atomic mass is 127. The number of imide groups is 1. The summed E-state index contributed by atoms with van der Waals surface area (Å²) in [6.45, 7) is 2.37. The van der Waals surface area contributed by atoms with Gasteiger partial charge in [0.05, 0.1) is 27.2 Å². The van der Waals surface area contributed by atoms with E-state index >= 15 is 0 Å². The predicted molar refractivity (Wildman–Crippen MR) is 131 cm³/mol. The van der Waals surface area contributed by atoms with Crippen molar-refractivity contribution in [3.8, 4) is 0 Å². The van der Waals surface area contributed by atoms with Crippen molar-refractivity contribution in [3.63, 3.8) is 0 Å². The molecule has 30 heavy (non-hydrogen) atoms. The van der Waals surface area contributed by atoms with Crippen LogP contribution in [-0.2, 0) is 14.4 Å². The number of aliphatic hydroxyl groups is 5. The van der Waals surface area contributed by atoms with Crippen molar-refractivity contribution < 1.29 is 39.9 Å². The van der Waals surface area contributed by atoms with Gasteiger partial charge in [0, 0.05) is 12.7 Å². The third-order valence-electron chi connectivity index (χ3n) is 3.85. The highest BCUT2D eigenvalue weighted by Crippen LogP contribution is 2.40. The van der Waals surface area contributed by atoms with Crippen LogP contribution in [0.25, 0.3) is 0 Å². The molecule has 0 fully saturated rings. The molecule has 1 aromatic rings. The molecule has 1 aromatic carbocycles.